The van der Waals surface area contributed by atoms with Gasteiger partial charge in [-0.2, -0.15) is 8.78 Å². The Morgan fingerprint density at radius 1 is 1.28 bits per heavy atom. The number of nitrogens with one attached hydrogen (secondary N) is 1. The number of halogens is 2. The molecule has 0 aliphatic carbocycles. The van der Waals surface area contributed by atoms with E-state index in [1.54, 1.807) is 28.8 Å². The number of rotatable bonds is 6. The fourth-order valence-electron chi connectivity index (χ4n) is 2.40. The van der Waals surface area contributed by atoms with Crippen molar-refractivity contribution >= 4 is 11.6 Å². The number of carbonyl (C=O) groups excluding carboxylic acids is 1. The number of benzene rings is 1. The molecule has 0 radical (unpaired) electrons. The highest BCUT2D eigenvalue weighted by molar-refractivity contribution is 5.93. The Morgan fingerprint density at radius 3 is 2.92 bits per heavy atom. The number of carbonyl (C=O) groups is 1. The molecule has 0 aliphatic rings. The van der Waals surface area contributed by atoms with Crippen LogP contribution in [0.2, 0.25) is 0 Å². The Balaban J connectivity index is 1.66. The average molecular weight is 347 g/mol. The lowest BCUT2D eigenvalue weighted by molar-refractivity contribution is -0.0499. The Labute approximate surface area is 141 Å². The van der Waals surface area contributed by atoms with Crippen LogP contribution in [0.25, 0.3) is 5.65 Å². The molecule has 1 aromatic carbocycles. The summed E-state index contributed by atoms with van der Waals surface area (Å²) in [5, 5.41) is 12.8. The summed E-state index contributed by atoms with van der Waals surface area (Å²) < 4.78 is 30.4. The molecule has 1 atom stereocenters. The van der Waals surface area contributed by atoms with Crippen LogP contribution in [-0.2, 0) is 0 Å². The van der Waals surface area contributed by atoms with Crippen LogP contribution < -0.4 is 10.1 Å². The van der Waals surface area contributed by atoms with Gasteiger partial charge >= 0.3 is 6.61 Å². The Bertz CT molecular complexity index is 882. The lowest BCUT2D eigenvalue weighted by Crippen LogP contribution is -2.29. The quantitative estimate of drug-likeness (QED) is 0.718. The summed E-state index contributed by atoms with van der Waals surface area (Å²) in [6, 6.07) is 11.1. The zero-order valence-corrected chi connectivity index (χ0v) is 13.0. The zero-order valence-electron chi connectivity index (χ0n) is 13.0. The minimum Gasteiger partial charge on any atom is -0.435 e. The number of hydrogen-bond donors (Lipinski definition) is 2. The predicted molar refractivity (Wildman–Crippen MR) is 85.6 cm³/mol. The predicted octanol–water partition coefficient (Wildman–Crippen LogP) is 2.40. The summed E-state index contributed by atoms with van der Waals surface area (Å²) in [7, 11) is 0. The van der Waals surface area contributed by atoms with Crippen LogP contribution in [0.3, 0.4) is 0 Å². The third kappa shape index (κ3) is 3.92. The van der Waals surface area contributed by atoms with Gasteiger partial charge in [-0.05, 0) is 29.8 Å². The molecule has 3 rings (SSSR count). The molecule has 0 spiro atoms. The molecule has 130 valence electrons. The maximum atomic E-state index is 12.3. The van der Waals surface area contributed by atoms with Crippen LogP contribution in [0, 0.1) is 0 Å². The minimum absolute atomic E-state index is 0.0559. The molecular formula is C17H15F2N3O3. The normalized spacial score (nSPS) is 12.3. The first-order valence-corrected chi connectivity index (χ1v) is 7.47. The molecular weight excluding hydrogens is 332 g/mol. The number of hydrogen-bond acceptors (Lipinski definition) is 4. The van der Waals surface area contributed by atoms with Gasteiger partial charge in [-0.25, -0.2) is 4.98 Å². The van der Waals surface area contributed by atoms with Crippen LogP contribution in [0.4, 0.5) is 8.78 Å². The van der Waals surface area contributed by atoms with Gasteiger partial charge in [-0.3, -0.25) is 9.20 Å². The molecule has 8 heteroatoms. The van der Waals surface area contributed by atoms with Gasteiger partial charge in [0, 0.05) is 12.7 Å². The highest BCUT2D eigenvalue weighted by atomic mass is 19.3. The first-order chi connectivity index (χ1) is 12.0. The third-order valence-electron chi connectivity index (χ3n) is 3.57. The smallest absolute Gasteiger partial charge is 0.387 e. The summed E-state index contributed by atoms with van der Waals surface area (Å²) in [5.41, 5.74) is 1.32. The summed E-state index contributed by atoms with van der Waals surface area (Å²) in [5.74, 6) is -0.461. The molecule has 2 N–H and O–H groups in total. The van der Waals surface area contributed by atoms with E-state index in [9.17, 15) is 18.7 Å². The van der Waals surface area contributed by atoms with Gasteiger partial charge in [-0.1, -0.05) is 18.2 Å². The van der Waals surface area contributed by atoms with Gasteiger partial charge in [0.05, 0.1) is 12.3 Å². The second-order valence-electron chi connectivity index (χ2n) is 5.25. The number of nitrogens with zero attached hydrogens (tertiary/aromatic N) is 2. The van der Waals surface area contributed by atoms with Crippen molar-refractivity contribution in [3.63, 3.8) is 0 Å². The van der Waals surface area contributed by atoms with E-state index in [2.05, 4.69) is 15.0 Å². The highest BCUT2D eigenvalue weighted by Gasteiger charge is 2.15. The Kier molecular flexibility index (Phi) is 4.90. The van der Waals surface area contributed by atoms with Gasteiger partial charge in [0.25, 0.3) is 5.91 Å². The molecule has 0 saturated heterocycles. The first-order valence-electron chi connectivity index (χ1n) is 7.47. The van der Waals surface area contributed by atoms with E-state index >= 15 is 0 Å². The summed E-state index contributed by atoms with van der Waals surface area (Å²) >= 11 is 0. The van der Waals surface area contributed by atoms with Crippen molar-refractivity contribution in [3.05, 3.63) is 66.1 Å². The van der Waals surface area contributed by atoms with Crippen molar-refractivity contribution in [1.29, 1.82) is 0 Å². The summed E-state index contributed by atoms with van der Waals surface area (Å²) in [4.78, 5) is 16.4. The maximum Gasteiger partial charge on any atom is 0.387 e. The molecule has 0 bridgehead atoms. The first kappa shape index (κ1) is 16.8. The second-order valence-corrected chi connectivity index (χ2v) is 5.25. The fourth-order valence-corrected chi connectivity index (χ4v) is 2.40. The van der Waals surface area contributed by atoms with Crippen molar-refractivity contribution in [2.75, 3.05) is 6.54 Å². The van der Waals surface area contributed by atoms with E-state index in [1.807, 2.05) is 6.07 Å². The number of fused-ring (bicyclic) bond motifs is 1. The topological polar surface area (TPSA) is 75.9 Å². The molecule has 0 aliphatic heterocycles. The molecule has 0 fully saturated rings. The fraction of sp³-hybridized carbons (Fsp3) is 0.176. The number of aliphatic hydroxyl groups is 1. The maximum absolute atomic E-state index is 12.3. The zero-order chi connectivity index (χ0) is 17.8. The molecule has 0 saturated carbocycles. The largest absolute Gasteiger partial charge is 0.435 e. The molecule has 1 unspecified atom stereocenters. The van der Waals surface area contributed by atoms with E-state index in [0.29, 0.717) is 16.9 Å². The van der Waals surface area contributed by atoms with E-state index < -0.39 is 18.6 Å². The van der Waals surface area contributed by atoms with E-state index in [0.717, 1.165) is 0 Å². The number of aliphatic hydroxyl groups excluding tert-OH is 1. The van der Waals surface area contributed by atoms with E-state index in [4.69, 9.17) is 0 Å². The number of pyridine rings is 1. The van der Waals surface area contributed by atoms with Crippen molar-refractivity contribution < 1.29 is 23.4 Å². The number of alkyl halides is 2. The molecule has 6 nitrogen and oxygen atoms in total. The average Bonchev–Trinajstić information content (AvgIpc) is 3.03. The van der Waals surface area contributed by atoms with E-state index in [1.165, 1.54) is 24.4 Å². The number of amides is 1. The van der Waals surface area contributed by atoms with Gasteiger partial charge < -0.3 is 15.2 Å². The second kappa shape index (κ2) is 7.27. The van der Waals surface area contributed by atoms with Crippen LogP contribution >= 0.6 is 0 Å². The number of imidazole rings is 1. The Morgan fingerprint density at radius 2 is 2.12 bits per heavy atom. The Hall–Kier alpha value is -3.00. The summed E-state index contributed by atoms with van der Waals surface area (Å²) in [6.45, 7) is -3.03. The van der Waals surface area contributed by atoms with Crippen LogP contribution in [0.5, 0.6) is 5.75 Å². The summed E-state index contributed by atoms with van der Waals surface area (Å²) in [6.07, 6.45) is 2.08. The lowest BCUT2D eigenvalue weighted by Gasteiger charge is -2.13. The van der Waals surface area contributed by atoms with Gasteiger partial charge in [0.15, 0.2) is 0 Å². The molecule has 25 heavy (non-hydrogen) atoms. The van der Waals surface area contributed by atoms with Crippen LogP contribution in [0.15, 0.2) is 54.9 Å². The minimum atomic E-state index is -2.94. The van der Waals surface area contributed by atoms with Gasteiger partial charge in [0.1, 0.15) is 17.1 Å². The van der Waals surface area contributed by atoms with Gasteiger partial charge in [-0.15, -0.1) is 0 Å². The van der Waals surface area contributed by atoms with Crippen LogP contribution in [-0.4, -0.2) is 33.6 Å². The van der Waals surface area contributed by atoms with Crippen LogP contribution in [0.1, 0.15) is 22.2 Å². The molecule has 1 amide bonds. The molecule has 2 heterocycles. The highest BCUT2D eigenvalue weighted by Crippen LogP contribution is 2.20. The van der Waals surface area contributed by atoms with Gasteiger partial charge in [0.2, 0.25) is 0 Å². The molecule has 3 aromatic rings. The standard InChI is InChI=1S/C17H15F2N3O3/c18-17(19)25-12-5-3-4-11(8-12)14(23)10-21-16(24)13-9-20-15-6-1-2-7-22(13)15/h1-9,14,17,23H,10H2,(H,21,24). The number of ether oxygens (including phenoxy) is 1. The van der Waals surface area contributed by atoms with Crippen molar-refractivity contribution in [3.8, 4) is 5.75 Å². The third-order valence-corrected chi connectivity index (χ3v) is 3.57. The monoisotopic (exact) mass is 347 g/mol. The molecule has 2 aromatic heterocycles. The SMILES string of the molecule is O=C(NCC(O)c1cccc(OC(F)F)c1)c1cnc2ccccn12. The van der Waals surface area contributed by atoms with Crippen molar-refractivity contribution in [2.24, 2.45) is 0 Å². The van der Waals surface area contributed by atoms with E-state index in [-0.39, 0.29) is 12.3 Å². The van der Waals surface area contributed by atoms with Crippen molar-refractivity contribution in [1.82, 2.24) is 14.7 Å². The lowest BCUT2D eigenvalue weighted by atomic mass is 10.1. The van der Waals surface area contributed by atoms with Crippen molar-refractivity contribution in [2.45, 2.75) is 12.7 Å². The number of aromatic nitrogens is 2.